The van der Waals surface area contributed by atoms with Crippen molar-refractivity contribution in [3.63, 3.8) is 0 Å². The zero-order valence-electron chi connectivity index (χ0n) is 17.7. The van der Waals surface area contributed by atoms with E-state index in [0.717, 1.165) is 32.1 Å². The van der Waals surface area contributed by atoms with Crippen LogP contribution in [0.3, 0.4) is 0 Å². The lowest BCUT2D eigenvalue weighted by atomic mass is 9.78. The summed E-state index contributed by atoms with van der Waals surface area (Å²) in [4.78, 5) is 4.75. The second-order valence-corrected chi connectivity index (χ2v) is 8.39. The maximum atomic E-state index is 6.10. The number of aliphatic imine (C=N–C) groups is 1. The van der Waals surface area contributed by atoms with Crippen molar-refractivity contribution in [3.05, 3.63) is 35.4 Å². The molecule has 0 spiro atoms. The van der Waals surface area contributed by atoms with Crippen molar-refractivity contribution < 1.29 is 9.47 Å². The Balaban J connectivity index is 1.94. The number of hydrogen-bond donors (Lipinski definition) is 2. The first-order chi connectivity index (χ1) is 12.9. The van der Waals surface area contributed by atoms with E-state index >= 15 is 0 Å². The minimum Gasteiger partial charge on any atom is -0.380 e. The van der Waals surface area contributed by atoms with Crippen molar-refractivity contribution in [2.75, 3.05) is 26.8 Å². The van der Waals surface area contributed by atoms with E-state index in [-0.39, 0.29) is 11.5 Å². The monoisotopic (exact) mass is 375 g/mol. The summed E-state index contributed by atoms with van der Waals surface area (Å²) in [6.45, 7) is 12.8. The van der Waals surface area contributed by atoms with E-state index in [4.69, 9.17) is 14.5 Å². The summed E-state index contributed by atoms with van der Waals surface area (Å²) in [5, 5.41) is 6.89. The van der Waals surface area contributed by atoms with Crippen LogP contribution in [-0.4, -0.2) is 38.9 Å². The molecule has 0 bridgehead atoms. The summed E-state index contributed by atoms with van der Waals surface area (Å²) in [5.41, 5.74) is 2.54. The highest BCUT2D eigenvalue weighted by Crippen LogP contribution is 2.33. The third-order valence-corrected chi connectivity index (χ3v) is 4.93. The van der Waals surface area contributed by atoms with E-state index < -0.39 is 0 Å². The van der Waals surface area contributed by atoms with Gasteiger partial charge in [-0.3, -0.25) is 0 Å². The standard InChI is InChI=1S/C22H37N3O2/c1-6-23-21(24-14-17-9-11-18(12-10-17)16-26-5)25-15-19-8-7-13-27-20(19)22(2,3)4/h9-12,19-20H,6-8,13-16H2,1-5H3,(H2,23,24,25). The lowest BCUT2D eigenvalue weighted by Gasteiger charge is -2.40. The van der Waals surface area contributed by atoms with Crippen LogP contribution in [0.2, 0.25) is 0 Å². The smallest absolute Gasteiger partial charge is 0.191 e. The zero-order chi connectivity index (χ0) is 19.7. The van der Waals surface area contributed by atoms with Gasteiger partial charge in [-0.15, -0.1) is 0 Å². The Bertz CT molecular complexity index is 578. The molecule has 2 unspecified atom stereocenters. The highest BCUT2D eigenvalue weighted by molar-refractivity contribution is 5.79. The highest BCUT2D eigenvalue weighted by atomic mass is 16.5. The number of guanidine groups is 1. The summed E-state index contributed by atoms with van der Waals surface area (Å²) in [6, 6.07) is 8.43. The van der Waals surface area contributed by atoms with Gasteiger partial charge in [0.2, 0.25) is 0 Å². The quantitative estimate of drug-likeness (QED) is 0.563. The number of ether oxygens (including phenoxy) is 2. The molecule has 0 radical (unpaired) electrons. The molecule has 0 saturated carbocycles. The Labute approximate surface area is 164 Å². The summed E-state index contributed by atoms with van der Waals surface area (Å²) >= 11 is 0. The molecule has 5 heteroatoms. The lowest BCUT2D eigenvalue weighted by molar-refractivity contribution is -0.0835. The van der Waals surface area contributed by atoms with Crippen LogP contribution in [0.5, 0.6) is 0 Å². The van der Waals surface area contributed by atoms with Gasteiger partial charge >= 0.3 is 0 Å². The van der Waals surface area contributed by atoms with Gasteiger partial charge in [-0.25, -0.2) is 4.99 Å². The fraction of sp³-hybridized carbons (Fsp3) is 0.682. The molecule has 1 aliphatic heterocycles. The second-order valence-electron chi connectivity index (χ2n) is 8.39. The molecule has 27 heavy (non-hydrogen) atoms. The molecule has 1 aromatic rings. The molecule has 2 rings (SSSR count). The van der Waals surface area contributed by atoms with Crippen molar-refractivity contribution in [1.82, 2.24) is 10.6 Å². The van der Waals surface area contributed by atoms with Gasteiger partial charge in [0.25, 0.3) is 0 Å². The number of nitrogens with zero attached hydrogens (tertiary/aromatic N) is 1. The van der Waals surface area contributed by atoms with Gasteiger partial charge in [0.05, 0.1) is 19.3 Å². The van der Waals surface area contributed by atoms with E-state index in [1.54, 1.807) is 7.11 Å². The van der Waals surface area contributed by atoms with Crippen molar-refractivity contribution in [1.29, 1.82) is 0 Å². The number of methoxy groups -OCH3 is 1. The number of nitrogens with one attached hydrogen (secondary N) is 2. The lowest BCUT2D eigenvalue weighted by Crippen LogP contribution is -2.47. The average molecular weight is 376 g/mol. The van der Waals surface area contributed by atoms with Crippen molar-refractivity contribution >= 4 is 5.96 Å². The van der Waals surface area contributed by atoms with E-state index in [0.29, 0.717) is 19.1 Å². The van der Waals surface area contributed by atoms with Gasteiger partial charge in [-0.05, 0) is 36.3 Å². The minimum atomic E-state index is 0.159. The first-order valence-corrected chi connectivity index (χ1v) is 10.1. The van der Waals surface area contributed by atoms with Gasteiger partial charge in [-0.1, -0.05) is 45.0 Å². The Kier molecular flexibility index (Phi) is 8.58. The fourth-order valence-corrected chi connectivity index (χ4v) is 3.66. The van der Waals surface area contributed by atoms with Crippen molar-refractivity contribution in [2.45, 2.75) is 59.8 Å². The van der Waals surface area contributed by atoms with E-state index in [1.807, 2.05) is 0 Å². The molecule has 0 aliphatic carbocycles. The van der Waals surface area contributed by atoms with E-state index in [2.05, 4.69) is 62.6 Å². The molecule has 1 aromatic carbocycles. The van der Waals surface area contributed by atoms with Crippen LogP contribution in [0.4, 0.5) is 0 Å². The predicted molar refractivity (Wildman–Crippen MR) is 112 cm³/mol. The molecule has 5 nitrogen and oxygen atoms in total. The van der Waals surface area contributed by atoms with Crippen LogP contribution in [0, 0.1) is 11.3 Å². The first kappa shape index (κ1) is 21.7. The Morgan fingerprint density at radius 1 is 1.19 bits per heavy atom. The Morgan fingerprint density at radius 3 is 2.52 bits per heavy atom. The number of hydrogen-bond acceptors (Lipinski definition) is 3. The van der Waals surface area contributed by atoms with Gasteiger partial charge in [-0.2, -0.15) is 0 Å². The molecular formula is C22H37N3O2. The van der Waals surface area contributed by atoms with Gasteiger partial charge in [0, 0.05) is 32.7 Å². The largest absolute Gasteiger partial charge is 0.380 e. The fourth-order valence-electron chi connectivity index (χ4n) is 3.66. The normalized spacial score (nSPS) is 21.1. The second kappa shape index (κ2) is 10.7. The third-order valence-electron chi connectivity index (χ3n) is 4.93. The maximum absolute atomic E-state index is 6.10. The average Bonchev–Trinajstić information content (AvgIpc) is 2.65. The van der Waals surface area contributed by atoms with Crippen LogP contribution in [0.1, 0.15) is 51.7 Å². The molecule has 0 aromatic heterocycles. The molecular weight excluding hydrogens is 338 g/mol. The molecule has 2 N–H and O–H groups in total. The molecule has 1 aliphatic rings. The summed E-state index contributed by atoms with van der Waals surface area (Å²) in [5.74, 6) is 1.38. The first-order valence-electron chi connectivity index (χ1n) is 10.1. The summed E-state index contributed by atoms with van der Waals surface area (Å²) in [6.07, 6.45) is 2.63. The topological polar surface area (TPSA) is 54.9 Å². The SMILES string of the molecule is CCNC(=NCc1ccc(COC)cc1)NCC1CCCOC1C(C)(C)C. The molecule has 1 saturated heterocycles. The van der Waals surface area contributed by atoms with Gasteiger partial charge < -0.3 is 20.1 Å². The van der Waals surface area contributed by atoms with Gasteiger partial charge in [0.1, 0.15) is 0 Å². The molecule has 0 amide bonds. The maximum Gasteiger partial charge on any atom is 0.191 e. The zero-order valence-corrected chi connectivity index (χ0v) is 17.7. The Hall–Kier alpha value is -1.59. The summed E-state index contributed by atoms with van der Waals surface area (Å²) in [7, 11) is 1.72. The molecule has 1 fully saturated rings. The number of rotatable bonds is 7. The molecule has 1 heterocycles. The minimum absolute atomic E-state index is 0.159. The predicted octanol–water partition coefficient (Wildman–Crippen LogP) is 3.73. The van der Waals surface area contributed by atoms with Crippen LogP contribution in [0.25, 0.3) is 0 Å². The van der Waals surface area contributed by atoms with Crippen molar-refractivity contribution in [2.24, 2.45) is 16.3 Å². The third kappa shape index (κ3) is 7.15. The van der Waals surface area contributed by atoms with E-state index in [9.17, 15) is 0 Å². The number of benzene rings is 1. The van der Waals surface area contributed by atoms with Crippen LogP contribution < -0.4 is 10.6 Å². The molecule has 2 atom stereocenters. The van der Waals surface area contributed by atoms with Gasteiger partial charge in [0.15, 0.2) is 5.96 Å². The van der Waals surface area contributed by atoms with Crippen LogP contribution in [0.15, 0.2) is 29.3 Å². The summed E-state index contributed by atoms with van der Waals surface area (Å²) < 4.78 is 11.3. The van der Waals surface area contributed by atoms with Crippen LogP contribution >= 0.6 is 0 Å². The molecule has 152 valence electrons. The van der Waals surface area contributed by atoms with E-state index in [1.165, 1.54) is 17.5 Å². The Morgan fingerprint density at radius 2 is 1.89 bits per heavy atom. The van der Waals surface area contributed by atoms with Crippen molar-refractivity contribution in [3.8, 4) is 0 Å². The van der Waals surface area contributed by atoms with Crippen LogP contribution in [-0.2, 0) is 22.6 Å². The highest BCUT2D eigenvalue weighted by Gasteiger charge is 2.35.